The minimum absolute atomic E-state index is 0.0826. The average molecular weight is 346 g/mol. The van der Waals surface area contributed by atoms with Gasteiger partial charge < -0.3 is 4.90 Å². The van der Waals surface area contributed by atoms with E-state index < -0.39 is 46.1 Å². The summed E-state index contributed by atoms with van der Waals surface area (Å²) in [6.45, 7) is -0.483. The Morgan fingerprint density at radius 1 is 1.29 bits per heavy atom. The second kappa shape index (κ2) is 5.13. The number of benzene rings is 1. The van der Waals surface area contributed by atoms with Crippen LogP contribution in [0.15, 0.2) is 18.2 Å². The van der Waals surface area contributed by atoms with Crippen molar-refractivity contribution in [1.29, 1.82) is 0 Å². The highest BCUT2D eigenvalue weighted by Gasteiger charge is 2.40. The van der Waals surface area contributed by atoms with E-state index in [9.17, 15) is 30.3 Å². The van der Waals surface area contributed by atoms with Crippen molar-refractivity contribution in [3.8, 4) is 0 Å². The van der Waals surface area contributed by atoms with Gasteiger partial charge in [-0.3, -0.25) is 4.79 Å². The molecule has 1 aromatic rings. The smallest absolute Gasteiger partial charge is 0.309 e. The first-order chi connectivity index (χ1) is 9.50. The summed E-state index contributed by atoms with van der Waals surface area (Å²) in [5.74, 6) is -0.720. The average Bonchev–Trinajstić information content (AvgIpc) is 2.70. The van der Waals surface area contributed by atoms with Crippen LogP contribution in [0, 0.1) is 0 Å². The van der Waals surface area contributed by atoms with Gasteiger partial charge in [-0.1, -0.05) is 11.6 Å². The highest BCUT2D eigenvalue weighted by Crippen LogP contribution is 2.37. The highest BCUT2D eigenvalue weighted by molar-refractivity contribution is 7.87. The lowest BCUT2D eigenvalue weighted by Crippen LogP contribution is -2.27. The van der Waals surface area contributed by atoms with Crippen LogP contribution in [0.2, 0.25) is 5.02 Å². The van der Waals surface area contributed by atoms with Crippen molar-refractivity contribution in [2.45, 2.75) is 17.8 Å². The van der Waals surface area contributed by atoms with Gasteiger partial charge in [0.05, 0.1) is 16.3 Å². The van der Waals surface area contributed by atoms with Gasteiger partial charge in [0.15, 0.2) is 0 Å². The molecule has 0 saturated carbocycles. The first kappa shape index (κ1) is 16.0. The van der Waals surface area contributed by atoms with Crippen molar-refractivity contribution < 1.29 is 30.3 Å². The van der Waals surface area contributed by atoms with E-state index in [2.05, 4.69) is 0 Å². The van der Waals surface area contributed by atoms with Gasteiger partial charge in [-0.15, -0.1) is 3.89 Å². The van der Waals surface area contributed by atoms with Crippen LogP contribution in [-0.2, 0) is 21.2 Å². The maximum atomic E-state index is 12.9. The summed E-state index contributed by atoms with van der Waals surface area (Å²) in [5, 5.41) is -1.90. The Balaban J connectivity index is 2.34. The molecule has 0 spiro atoms. The summed E-state index contributed by atoms with van der Waals surface area (Å²) < 4.78 is 72.0. The van der Waals surface area contributed by atoms with E-state index in [4.69, 9.17) is 11.6 Å². The maximum Gasteiger partial charge on any atom is 0.416 e. The van der Waals surface area contributed by atoms with Crippen LogP contribution < -0.4 is 4.90 Å². The lowest BCUT2D eigenvalue weighted by molar-refractivity contribution is -0.137. The number of carbonyl (C=O) groups excluding carboxylic acids is 1. The first-order valence-corrected chi connectivity index (χ1v) is 7.43. The molecule has 1 aliphatic rings. The van der Waals surface area contributed by atoms with Crippen LogP contribution in [0.25, 0.3) is 0 Å². The summed E-state index contributed by atoms with van der Waals surface area (Å²) in [7, 11) is -4.91. The van der Waals surface area contributed by atoms with E-state index in [0.717, 1.165) is 11.0 Å². The predicted molar refractivity (Wildman–Crippen MR) is 67.2 cm³/mol. The van der Waals surface area contributed by atoms with E-state index in [0.29, 0.717) is 12.1 Å². The minimum Gasteiger partial charge on any atom is -0.309 e. The molecule has 2 rings (SSSR count). The largest absolute Gasteiger partial charge is 0.416 e. The molecule has 4 nitrogen and oxygen atoms in total. The second-order valence-corrected chi connectivity index (χ2v) is 6.49. The lowest BCUT2D eigenvalue weighted by atomic mass is 10.2. The quantitative estimate of drug-likeness (QED) is 0.612. The third kappa shape index (κ3) is 3.29. The molecular weight excluding hydrogens is 338 g/mol. The fourth-order valence-electron chi connectivity index (χ4n) is 2.00. The molecule has 1 atom stereocenters. The van der Waals surface area contributed by atoms with Crippen molar-refractivity contribution in [3.63, 3.8) is 0 Å². The Morgan fingerprint density at radius 3 is 2.33 bits per heavy atom. The molecule has 0 aliphatic carbocycles. The SMILES string of the molecule is O=C1CC(S(=O)(=O)F)CN1c1ccc(C(F)(F)F)cc1Cl. The van der Waals surface area contributed by atoms with Gasteiger partial charge >= 0.3 is 16.4 Å². The van der Waals surface area contributed by atoms with Crippen molar-refractivity contribution in [3.05, 3.63) is 28.8 Å². The highest BCUT2D eigenvalue weighted by atomic mass is 35.5. The van der Waals surface area contributed by atoms with E-state index in [1.54, 1.807) is 0 Å². The van der Waals surface area contributed by atoms with Crippen LogP contribution in [0.4, 0.5) is 22.7 Å². The van der Waals surface area contributed by atoms with Crippen LogP contribution in [-0.4, -0.2) is 26.1 Å². The monoisotopic (exact) mass is 345 g/mol. The molecule has 1 unspecified atom stereocenters. The Bertz CT molecular complexity index is 689. The maximum absolute atomic E-state index is 12.9. The van der Waals surface area contributed by atoms with Crippen molar-refractivity contribution in [2.24, 2.45) is 0 Å². The standard InChI is InChI=1S/C11H8ClF4NO3S/c12-8-3-6(11(13,14)15)1-2-9(8)17-5-7(4-10(17)18)21(16,19)20/h1-3,7H,4-5H2. The molecular formula is C11H8ClF4NO3S. The number of amides is 1. The molecule has 0 N–H and O–H groups in total. The van der Waals surface area contributed by atoms with E-state index >= 15 is 0 Å². The zero-order valence-electron chi connectivity index (χ0n) is 10.2. The van der Waals surface area contributed by atoms with Crippen molar-refractivity contribution in [2.75, 3.05) is 11.4 Å². The van der Waals surface area contributed by atoms with Gasteiger partial charge in [0.1, 0.15) is 5.25 Å². The molecule has 21 heavy (non-hydrogen) atoms. The third-order valence-corrected chi connectivity index (χ3v) is 4.47. The predicted octanol–water partition coefficient (Wildman–Crippen LogP) is 2.76. The molecule has 0 bridgehead atoms. The molecule has 0 aromatic heterocycles. The van der Waals surface area contributed by atoms with Crippen molar-refractivity contribution >= 4 is 33.4 Å². The Labute approximate surface area is 122 Å². The van der Waals surface area contributed by atoms with Crippen molar-refractivity contribution in [1.82, 2.24) is 0 Å². The molecule has 10 heteroatoms. The van der Waals surface area contributed by atoms with Gasteiger partial charge in [-0.25, -0.2) is 0 Å². The molecule has 1 amide bonds. The number of alkyl halides is 3. The van der Waals surface area contributed by atoms with Gasteiger partial charge in [0.25, 0.3) is 0 Å². The summed E-state index contributed by atoms with van der Waals surface area (Å²) in [6, 6.07) is 2.30. The van der Waals surface area contributed by atoms with E-state index in [1.165, 1.54) is 0 Å². The van der Waals surface area contributed by atoms with E-state index in [1.807, 2.05) is 0 Å². The number of hydrogen-bond acceptors (Lipinski definition) is 3. The minimum atomic E-state index is -4.91. The number of halogens is 5. The number of rotatable bonds is 2. The van der Waals surface area contributed by atoms with E-state index in [-0.39, 0.29) is 10.7 Å². The van der Waals surface area contributed by atoms with Crippen LogP contribution in [0.3, 0.4) is 0 Å². The summed E-state index contributed by atoms with van der Waals surface area (Å²) >= 11 is 5.71. The fraction of sp³-hybridized carbons (Fsp3) is 0.364. The summed E-state index contributed by atoms with van der Waals surface area (Å²) in [5.41, 5.74) is -1.08. The second-order valence-electron chi connectivity index (χ2n) is 4.47. The Morgan fingerprint density at radius 2 is 1.90 bits per heavy atom. The zero-order chi connectivity index (χ0) is 16.0. The van der Waals surface area contributed by atoms with Gasteiger partial charge in [-0.2, -0.15) is 21.6 Å². The van der Waals surface area contributed by atoms with Crippen LogP contribution >= 0.6 is 11.6 Å². The molecule has 1 fully saturated rings. The van der Waals surface area contributed by atoms with Gasteiger partial charge in [0.2, 0.25) is 5.91 Å². The molecule has 0 radical (unpaired) electrons. The summed E-state index contributed by atoms with van der Waals surface area (Å²) in [6.07, 6.45) is -5.17. The molecule has 1 aliphatic heterocycles. The first-order valence-electron chi connectivity index (χ1n) is 5.60. The third-order valence-electron chi connectivity index (χ3n) is 3.05. The van der Waals surface area contributed by atoms with Crippen LogP contribution in [0.1, 0.15) is 12.0 Å². The van der Waals surface area contributed by atoms with Gasteiger partial charge in [0, 0.05) is 13.0 Å². The zero-order valence-corrected chi connectivity index (χ0v) is 11.8. The number of anilines is 1. The number of carbonyl (C=O) groups is 1. The molecule has 1 saturated heterocycles. The fourth-order valence-corrected chi connectivity index (χ4v) is 2.95. The topological polar surface area (TPSA) is 54.5 Å². The lowest BCUT2D eigenvalue weighted by Gasteiger charge is -2.18. The normalized spacial score (nSPS) is 20.1. The number of hydrogen-bond donors (Lipinski definition) is 0. The molecule has 1 heterocycles. The van der Waals surface area contributed by atoms with Gasteiger partial charge in [-0.05, 0) is 18.2 Å². The molecule has 116 valence electrons. The Kier molecular flexibility index (Phi) is 3.92. The Hall–Kier alpha value is -1.35. The summed E-state index contributed by atoms with van der Waals surface area (Å²) in [4.78, 5) is 12.5. The van der Waals surface area contributed by atoms with Crippen LogP contribution in [0.5, 0.6) is 0 Å². The number of nitrogens with zero attached hydrogens (tertiary/aromatic N) is 1. The molecule has 1 aromatic carbocycles.